The van der Waals surface area contributed by atoms with Crippen molar-refractivity contribution in [1.29, 1.82) is 0 Å². The van der Waals surface area contributed by atoms with E-state index in [1.807, 2.05) is 42.5 Å². The van der Waals surface area contributed by atoms with Gasteiger partial charge in [0.15, 0.2) is 0 Å². The van der Waals surface area contributed by atoms with Crippen LogP contribution in [0.3, 0.4) is 0 Å². The highest BCUT2D eigenvalue weighted by Gasteiger charge is 2.15. The second-order valence-corrected chi connectivity index (χ2v) is 8.16. The highest BCUT2D eigenvalue weighted by atomic mass is 32.2. The van der Waals surface area contributed by atoms with Crippen LogP contribution in [0.4, 0.5) is 11.4 Å². The van der Waals surface area contributed by atoms with Gasteiger partial charge >= 0.3 is 0 Å². The standard InChI is InChI=1S/C23H18N2O3S/c26-23(24-22-12-6-8-17-7-4-5-11-21(17)22)18-13-15-20(16-14-18)29(27,28)25-19-9-2-1-3-10-19/h1-16,25H,(H,24,26). The average molecular weight is 402 g/mol. The Bertz CT molecular complexity index is 1260. The van der Waals surface area contributed by atoms with Crippen LogP contribution in [0.2, 0.25) is 0 Å². The minimum absolute atomic E-state index is 0.0862. The van der Waals surface area contributed by atoms with Gasteiger partial charge < -0.3 is 5.32 Å². The van der Waals surface area contributed by atoms with Gasteiger partial charge in [-0.25, -0.2) is 8.42 Å². The fourth-order valence-corrected chi connectivity index (χ4v) is 4.09. The first-order valence-electron chi connectivity index (χ1n) is 9.00. The van der Waals surface area contributed by atoms with Gasteiger partial charge in [0, 0.05) is 22.3 Å². The molecule has 0 aliphatic rings. The summed E-state index contributed by atoms with van der Waals surface area (Å²) in [6, 6.07) is 27.9. The summed E-state index contributed by atoms with van der Waals surface area (Å²) in [6.07, 6.45) is 0. The smallest absolute Gasteiger partial charge is 0.261 e. The number of hydrogen-bond acceptors (Lipinski definition) is 3. The minimum Gasteiger partial charge on any atom is -0.321 e. The predicted molar refractivity (Wildman–Crippen MR) is 116 cm³/mol. The molecule has 4 aromatic carbocycles. The molecule has 0 atom stereocenters. The molecule has 0 saturated carbocycles. The maximum absolute atomic E-state index is 12.6. The number of carbonyl (C=O) groups excluding carboxylic acids is 1. The Balaban J connectivity index is 1.53. The number of anilines is 2. The Labute approximate surface area is 169 Å². The molecule has 29 heavy (non-hydrogen) atoms. The molecule has 0 aliphatic heterocycles. The van der Waals surface area contributed by atoms with Crippen molar-refractivity contribution in [2.75, 3.05) is 10.0 Å². The number of nitrogens with one attached hydrogen (secondary N) is 2. The SMILES string of the molecule is O=C(Nc1cccc2ccccc12)c1ccc(S(=O)(=O)Nc2ccccc2)cc1. The number of carbonyl (C=O) groups is 1. The van der Waals surface area contributed by atoms with Crippen LogP contribution in [-0.2, 0) is 10.0 Å². The fourth-order valence-electron chi connectivity index (χ4n) is 3.03. The molecule has 0 spiro atoms. The van der Waals surface area contributed by atoms with E-state index in [2.05, 4.69) is 10.0 Å². The molecule has 1 amide bonds. The lowest BCUT2D eigenvalue weighted by atomic mass is 10.1. The van der Waals surface area contributed by atoms with Crippen molar-refractivity contribution in [1.82, 2.24) is 0 Å². The van der Waals surface area contributed by atoms with Crippen LogP contribution in [0.5, 0.6) is 0 Å². The lowest BCUT2D eigenvalue weighted by Gasteiger charge is -2.10. The van der Waals surface area contributed by atoms with E-state index in [0.29, 0.717) is 16.9 Å². The molecule has 0 saturated heterocycles. The van der Waals surface area contributed by atoms with Crippen LogP contribution in [0, 0.1) is 0 Å². The van der Waals surface area contributed by atoms with E-state index in [0.717, 1.165) is 10.8 Å². The summed E-state index contributed by atoms with van der Waals surface area (Å²) >= 11 is 0. The molecule has 2 N–H and O–H groups in total. The first-order chi connectivity index (χ1) is 14.0. The lowest BCUT2D eigenvalue weighted by molar-refractivity contribution is 0.102. The summed E-state index contributed by atoms with van der Waals surface area (Å²) in [4.78, 5) is 12.7. The minimum atomic E-state index is -3.73. The van der Waals surface area contributed by atoms with Gasteiger partial charge in [0.25, 0.3) is 15.9 Å². The van der Waals surface area contributed by atoms with E-state index in [-0.39, 0.29) is 10.8 Å². The summed E-state index contributed by atoms with van der Waals surface area (Å²) < 4.78 is 27.5. The Morgan fingerprint density at radius 2 is 1.34 bits per heavy atom. The lowest BCUT2D eigenvalue weighted by Crippen LogP contribution is -2.15. The van der Waals surface area contributed by atoms with Crippen molar-refractivity contribution >= 4 is 38.1 Å². The molecule has 5 nitrogen and oxygen atoms in total. The summed E-state index contributed by atoms with van der Waals surface area (Å²) in [6.45, 7) is 0. The third-order valence-corrected chi connectivity index (χ3v) is 5.89. The van der Waals surface area contributed by atoms with Crippen molar-refractivity contribution in [3.63, 3.8) is 0 Å². The van der Waals surface area contributed by atoms with Gasteiger partial charge in [0.05, 0.1) is 4.90 Å². The molecule has 0 radical (unpaired) electrons. The highest BCUT2D eigenvalue weighted by Crippen LogP contribution is 2.24. The molecule has 0 aliphatic carbocycles. The number of rotatable bonds is 5. The second kappa shape index (κ2) is 7.77. The molecular formula is C23H18N2O3S. The van der Waals surface area contributed by atoms with E-state index in [9.17, 15) is 13.2 Å². The van der Waals surface area contributed by atoms with Crippen molar-refractivity contribution in [3.05, 3.63) is 103 Å². The van der Waals surface area contributed by atoms with Crippen LogP contribution in [0.15, 0.2) is 102 Å². The summed E-state index contributed by atoms with van der Waals surface area (Å²) in [5.41, 5.74) is 1.55. The third kappa shape index (κ3) is 4.12. The molecule has 6 heteroatoms. The van der Waals surface area contributed by atoms with Gasteiger partial charge in [-0.05, 0) is 47.9 Å². The van der Waals surface area contributed by atoms with Gasteiger partial charge in [-0.15, -0.1) is 0 Å². The van der Waals surface area contributed by atoms with E-state index in [1.54, 1.807) is 30.3 Å². The number of benzene rings is 4. The summed E-state index contributed by atoms with van der Waals surface area (Å²) in [7, 11) is -3.73. The Morgan fingerprint density at radius 3 is 2.10 bits per heavy atom. The quantitative estimate of drug-likeness (QED) is 0.499. The third-order valence-electron chi connectivity index (χ3n) is 4.49. The van der Waals surface area contributed by atoms with Crippen molar-refractivity contribution in [2.45, 2.75) is 4.90 Å². The Kier molecular flexibility index (Phi) is 5.01. The zero-order chi connectivity index (χ0) is 20.3. The maximum atomic E-state index is 12.6. The molecular weight excluding hydrogens is 384 g/mol. The molecule has 0 heterocycles. The topological polar surface area (TPSA) is 75.3 Å². The highest BCUT2D eigenvalue weighted by molar-refractivity contribution is 7.92. The number of amides is 1. The van der Waals surface area contributed by atoms with Crippen LogP contribution >= 0.6 is 0 Å². The van der Waals surface area contributed by atoms with E-state index < -0.39 is 10.0 Å². The first kappa shape index (κ1) is 18.7. The molecule has 4 rings (SSSR count). The van der Waals surface area contributed by atoms with Gasteiger partial charge in [-0.3, -0.25) is 9.52 Å². The molecule has 0 unspecified atom stereocenters. The van der Waals surface area contributed by atoms with Crippen LogP contribution < -0.4 is 10.0 Å². The number of sulfonamides is 1. The zero-order valence-electron chi connectivity index (χ0n) is 15.4. The average Bonchev–Trinajstić information content (AvgIpc) is 2.74. The number of fused-ring (bicyclic) bond motifs is 1. The first-order valence-corrected chi connectivity index (χ1v) is 10.5. The monoisotopic (exact) mass is 402 g/mol. The van der Waals surface area contributed by atoms with E-state index in [1.165, 1.54) is 24.3 Å². The van der Waals surface area contributed by atoms with Gasteiger partial charge in [-0.1, -0.05) is 54.6 Å². The van der Waals surface area contributed by atoms with Gasteiger partial charge in [-0.2, -0.15) is 0 Å². The maximum Gasteiger partial charge on any atom is 0.261 e. The van der Waals surface area contributed by atoms with Crippen LogP contribution in [-0.4, -0.2) is 14.3 Å². The molecule has 0 bridgehead atoms. The molecule has 0 fully saturated rings. The van der Waals surface area contributed by atoms with Crippen molar-refractivity contribution in [2.24, 2.45) is 0 Å². The molecule has 4 aromatic rings. The number of hydrogen-bond donors (Lipinski definition) is 2. The van der Waals surface area contributed by atoms with Crippen molar-refractivity contribution in [3.8, 4) is 0 Å². The zero-order valence-corrected chi connectivity index (χ0v) is 16.2. The second-order valence-electron chi connectivity index (χ2n) is 6.48. The summed E-state index contributed by atoms with van der Waals surface area (Å²) in [5, 5.41) is 4.86. The van der Waals surface area contributed by atoms with Crippen LogP contribution in [0.1, 0.15) is 10.4 Å². The normalized spacial score (nSPS) is 11.2. The van der Waals surface area contributed by atoms with E-state index in [4.69, 9.17) is 0 Å². The molecule has 0 aromatic heterocycles. The Morgan fingerprint density at radius 1 is 0.690 bits per heavy atom. The fraction of sp³-hybridized carbons (Fsp3) is 0. The number of para-hydroxylation sites is 1. The predicted octanol–water partition coefficient (Wildman–Crippen LogP) is 4.89. The van der Waals surface area contributed by atoms with Gasteiger partial charge in [0.2, 0.25) is 0 Å². The van der Waals surface area contributed by atoms with E-state index >= 15 is 0 Å². The van der Waals surface area contributed by atoms with Gasteiger partial charge in [0.1, 0.15) is 0 Å². The van der Waals surface area contributed by atoms with Crippen molar-refractivity contribution < 1.29 is 13.2 Å². The Hall–Kier alpha value is -3.64. The summed E-state index contributed by atoms with van der Waals surface area (Å²) in [5.74, 6) is -0.304. The molecule has 144 valence electrons. The van der Waals surface area contributed by atoms with Crippen LogP contribution in [0.25, 0.3) is 10.8 Å². The largest absolute Gasteiger partial charge is 0.321 e.